The molecule has 0 saturated carbocycles. The van der Waals surface area contributed by atoms with Crippen LogP contribution in [0.5, 0.6) is 0 Å². The highest BCUT2D eigenvalue weighted by atomic mass is 15.0. The summed E-state index contributed by atoms with van der Waals surface area (Å²) in [4.78, 5) is 5.08. The molecule has 0 saturated heterocycles. The molecule has 3 heterocycles. The van der Waals surface area contributed by atoms with E-state index in [0.29, 0.717) is 5.56 Å². The van der Waals surface area contributed by atoms with Gasteiger partial charge < -0.3 is 4.57 Å². The molecule has 5 aromatic carbocycles. The Morgan fingerprint density at radius 2 is 1.37 bits per heavy atom. The number of aromatic nitrogens is 3. The lowest BCUT2D eigenvalue weighted by molar-refractivity contribution is 1.18. The van der Waals surface area contributed by atoms with Crippen LogP contribution in [0.1, 0.15) is 5.56 Å². The zero-order valence-electron chi connectivity index (χ0n) is 20.3. The molecule has 4 heteroatoms. The average molecular weight is 485 g/mol. The fourth-order valence-corrected chi connectivity index (χ4v) is 5.83. The summed E-state index contributed by atoms with van der Waals surface area (Å²) in [5.41, 5.74) is 10.3. The van der Waals surface area contributed by atoms with E-state index < -0.39 is 0 Å². The summed E-state index contributed by atoms with van der Waals surface area (Å²) in [7, 11) is 0. The van der Waals surface area contributed by atoms with Crippen LogP contribution in [0.4, 0.5) is 0 Å². The monoisotopic (exact) mass is 484 g/mol. The molecule has 0 spiro atoms. The fraction of sp³-hybridized carbons (Fsp3) is 0. The van der Waals surface area contributed by atoms with Gasteiger partial charge in [0, 0.05) is 22.0 Å². The molecule has 0 aliphatic heterocycles. The molecule has 0 bridgehead atoms. The van der Waals surface area contributed by atoms with E-state index in [1.165, 1.54) is 5.39 Å². The Morgan fingerprint density at radius 1 is 0.605 bits per heavy atom. The minimum Gasteiger partial charge on any atom is -0.309 e. The van der Waals surface area contributed by atoms with E-state index >= 15 is 0 Å². The highest BCUT2D eigenvalue weighted by Gasteiger charge is 2.16. The van der Waals surface area contributed by atoms with Gasteiger partial charge in [0.2, 0.25) is 0 Å². The average Bonchev–Trinajstić information content (AvgIpc) is 3.53. The van der Waals surface area contributed by atoms with Crippen molar-refractivity contribution in [2.45, 2.75) is 0 Å². The number of nitriles is 1. The summed E-state index contributed by atoms with van der Waals surface area (Å²) in [6.45, 7) is 0. The van der Waals surface area contributed by atoms with Crippen molar-refractivity contribution >= 4 is 49.4 Å². The fourth-order valence-electron chi connectivity index (χ4n) is 5.83. The maximum Gasteiger partial charge on any atom is 0.146 e. The molecule has 0 radical (unpaired) electrons. The molecule has 8 rings (SSSR count). The van der Waals surface area contributed by atoms with Crippen molar-refractivity contribution in [2.24, 2.45) is 0 Å². The normalized spacial score (nSPS) is 11.7. The predicted molar refractivity (Wildman–Crippen MR) is 155 cm³/mol. The van der Waals surface area contributed by atoms with Gasteiger partial charge in [-0.1, -0.05) is 60.7 Å². The third-order valence-corrected chi connectivity index (χ3v) is 7.50. The smallest absolute Gasteiger partial charge is 0.146 e. The molecule has 4 nitrogen and oxygen atoms in total. The van der Waals surface area contributed by atoms with Crippen molar-refractivity contribution in [1.82, 2.24) is 14.0 Å². The third-order valence-electron chi connectivity index (χ3n) is 7.50. The second kappa shape index (κ2) is 7.80. The molecule has 0 N–H and O–H groups in total. The molecular weight excluding hydrogens is 464 g/mol. The number of hydrogen-bond donors (Lipinski definition) is 0. The topological polar surface area (TPSA) is 46.0 Å². The van der Waals surface area contributed by atoms with Crippen LogP contribution in [0.3, 0.4) is 0 Å². The van der Waals surface area contributed by atoms with Crippen molar-refractivity contribution in [3.8, 4) is 22.9 Å². The SMILES string of the molecule is N#Cc1ccc2c(c1)c1ccccc1n2-c1cccc(-c2cc3ccccc3n3c2nc2ccccc23)c1. The van der Waals surface area contributed by atoms with Gasteiger partial charge >= 0.3 is 0 Å². The van der Waals surface area contributed by atoms with Crippen LogP contribution in [0.15, 0.2) is 121 Å². The molecule has 0 atom stereocenters. The van der Waals surface area contributed by atoms with Crippen molar-refractivity contribution in [3.63, 3.8) is 0 Å². The second-order valence-electron chi connectivity index (χ2n) is 9.62. The van der Waals surface area contributed by atoms with E-state index in [9.17, 15) is 5.26 Å². The first-order valence-electron chi connectivity index (χ1n) is 12.6. The first kappa shape index (κ1) is 20.8. The number of rotatable bonds is 2. The van der Waals surface area contributed by atoms with Crippen molar-refractivity contribution in [2.75, 3.05) is 0 Å². The number of benzene rings is 5. The lowest BCUT2D eigenvalue weighted by Gasteiger charge is -2.12. The van der Waals surface area contributed by atoms with E-state index in [4.69, 9.17) is 4.98 Å². The number of nitrogens with zero attached hydrogens (tertiary/aromatic N) is 4. The van der Waals surface area contributed by atoms with Crippen LogP contribution in [0, 0.1) is 11.3 Å². The van der Waals surface area contributed by atoms with Crippen molar-refractivity contribution in [3.05, 3.63) is 127 Å². The molecule has 176 valence electrons. The van der Waals surface area contributed by atoms with E-state index in [1.54, 1.807) is 0 Å². The Hall–Kier alpha value is -5.40. The van der Waals surface area contributed by atoms with E-state index in [-0.39, 0.29) is 0 Å². The van der Waals surface area contributed by atoms with Gasteiger partial charge in [0.15, 0.2) is 0 Å². The zero-order valence-corrected chi connectivity index (χ0v) is 20.3. The van der Waals surface area contributed by atoms with Gasteiger partial charge in [-0.25, -0.2) is 4.98 Å². The Morgan fingerprint density at radius 3 is 2.26 bits per heavy atom. The molecule has 0 unspecified atom stereocenters. The Labute approximate surface area is 218 Å². The van der Waals surface area contributed by atoms with Crippen LogP contribution in [0.25, 0.3) is 66.2 Å². The summed E-state index contributed by atoms with van der Waals surface area (Å²) in [5, 5.41) is 12.9. The molecule has 8 aromatic rings. The summed E-state index contributed by atoms with van der Waals surface area (Å²) < 4.78 is 4.56. The summed E-state index contributed by atoms with van der Waals surface area (Å²) in [6.07, 6.45) is 0. The molecule has 0 amide bonds. The number of fused-ring (bicyclic) bond motifs is 8. The van der Waals surface area contributed by atoms with E-state index in [0.717, 1.165) is 60.8 Å². The van der Waals surface area contributed by atoms with Crippen molar-refractivity contribution in [1.29, 1.82) is 5.26 Å². The first-order chi connectivity index (χ1) is 18.8. The van der Waals surface area contributed by atoms with Crippen LogP contribution in [-0.2, 0) is 0 Å². The molecule has 0 aliphatic carbocycles. The molecule has 0 fully saturated rings. The van der Waals surface area contributed by atoms with Gasteiger partial charge in [-0.05, 0) is 71.6 Å². The minimum absolute atomic E-state index is 0.666. The Kier molecular flexibility index (Phi) is 4.26. The van der Waals surface area contributed by atoms with E-state index in [1.807, 2.05) is 18.2 Å². The molecule has 3 aromatic heterocycles. The molecular formula is C34H20N4. The number of hydrogen-bond acceptors (Lipinski definition) is 2. The minimum atomic E-state index is 0.666. The predicted octanol–water partition coefficient (Wildman–Crippen LogP) is 8.28. The van der Waals surface area contributed by atoms with Gasteiger partial charge in [0.1, 0.15) is 5.65 Å². The maximum atomic E-state index is 9.50. The van der Waals surface area contributed by atoms with Gasteiger partial charge in [-0.2, -0.15) is 5.26 Å². The lowest BCUT2D eigenvalue weighted by atomic mass is 10.0. The summed E-state index contributed by atoms with van der Waals surface area (Å²) in [5.74, 6) is 0. The van der Waals surface area contributed by atoms with Gasteiger partial charge in [0.25, 0.3) is 0 Å². The van der Waals surface area contributed by atoms with Crippen LogP contribution in [-0.4, -0.2) is 14.0 Å². The lowest BCUT2D eigenvalue weighted by Crippen LogP contribution is -1.96. The number of para-hydroxylation sites is 4. The number of imidazole rings is 1. The largest absolute Gasteiger partial charge is 0.309 e. The highest BCUT2D eigenvalue weighted by Crippen LogP contribution is 2.36. The quantitative estimate of drug-likeness (QED) is 0.248. The Bertz CT molecular complexity index is 2260. The Balaban J connectivity index is 1.44. The van der Waals surface area contributed by atoms with Crippen LogP contribution in [0.2, 0.25) is 0 Å². The highest BCUT2D eigenvalue weighted by molar-refractivity contribution is 6.09. The zero-order chi connectivity index (χ0) is 25.2. The summed E-state index contributed by atoms with van der Waals surface area (Å²) in [6, 6.07) is 44.3. The number of pyridine rings is 1. The standard InChI is InChI=1S/C34H20N4/c35-21-22-16-17-32-28(18-22)26-11-2-5-14-31(26)37(32)25-10-7-9-23(19-25)27-20-24-8-1-4-13-30(24)38-33-15-6-3-12-29(33)36-34(27)38/h1-20H. The maximum absolute atomic E-state index is 9.50. The third kappa shape index (κ3) is 2.87. The van der Waals surface area contributed by atoms with Crippen LogP contribution < -0.4 is 0 Å². The van der Waals surface area contributed by atoms with Crippen molar-refractivity contribution < 1.29 is 0 Å². The molecule has 0 aliphatic rings. The van der Waals surface area contributed by atoms with Gasteiger partial charge in [0.05, 0.1) is 39.2 Å². The van der Waals surface area contributed by atoms with Gasteiger partial charge in [-0.15, -0.1) is 0 Å². The summed E-state index contributed by atoms with van der Waals surface area (Å²) >= 11 is 0. The first-order valence-corrected chi connectivity index (χ1v) is 12.6. The van der Waals surface area contributed by atoms with Crippen LogP contribution >= 0.6 is 0 Å². The van der Waals surface area contributed by atoms with E-state index in [2.05, 4.69) is 118 Å². The second-order valence-corrected chi connectivity index (χ2v) is 9.62. The van der Waals surface area contributed by atoms with Gasteiger partial charge in [-0.3, -0.25) is 4.40 Å². The molecule has 38 heavy (non-hydrogen) atoms.